The van der Waals surface area contributed by atoms with E-state index in [0.717, 1.165) is 23.4 Å². The molecule has 0 saturated carbocycles. The summed E-state index contributed by atoms with van der Waals surface area (Å²) in [4.78, 5) is 8.40. The van der Waals surface area contributed by atoms with Gasteiger partial charge < -0.3 is 5.32 Å². The lowest BCUT2D eigenvalue weighted by Gasteiger charge is -2.19. The summed E-state index contributed by atoms with van der Waals surface area (Å²) in [6.45, 7) is 4.74. The van der Waals surface area contributed by atoms with Crippen LogP contribution in [0.3, 0.4) is 0 Å². The molecule has 0 aliphatic rings. The van der Waals surface area contributed by atoms with Gasteiger partial charge in [-0.1, -0.05) is 13.0 Å². The highest BCUT2D eigenvalue weighted by molar-refractivity contribution is 5.34. The van der Waals surface area contributed by atoms with Crippen LogP contribution in [0.5, 0.6) is 0 Å². The molecule has 94 valence electrons. The molecule has 0 saturated heterocycles. The highest BCUT2D eigenvalue weighted by Crippen LogP contribution is 2.23. The van der Waals surface area contributed by atoms with Crippen LogP contribution in [0.25, 0.3) is 0 Å². The average Bonchev–Trinajstić information content (AvgIpc) is 2.38. The van der Waals surface area contributed by atoms with Gasteiger partial charge in [-0.25, -0.2) is 4.39 Å². The highest BCUT2D eigenvalue weighted by atomic mass is 19.1. The van der Waals surface area contributed by atoms with Crippen molar-refractivity contribution in [2.45, 2.75) is 19.9 Å². The van der Waals surface area contributed by atoms with Crippen LogP contribution in [0.1, 0.15) is 29.8 Å². The summed E-state index contributed by atoms with van der Waals surface area (Å²) in [5.74, 6) is -0.217. The molecule has 1 aromatic carbocycles. The first kappa shape index (κ1) is 12.6. The van der Waals surface area contributed by atoms with Gasteiger partial charge in [-0.2, -0.15) is 0 Å². The van der Waals surface area contributed by atoms with E-state index < -0.39 is 0 Å². The Morgan fingerprint density at radius 2 is 2.17 bits per heavy atom. The van der Waals surface area contributed by atoms with Gasteiger partial charge in [0.05, 0.1) is 17.9 Å². The molecule has 0 aliphatic heterocycles. The smallest absolute Gasteiger partial charge is 0.123 e. The predicted molar refractivity (Wildman–Crippen MR) is 68.7 cm³/mol. The first-order chi connectivity index (χ1) is 8.72. The van der Waals surface area contributed by atoms with Crippen molar-refractivity contribution in [1.29, 1.82) is 0 Å². The van der Waals surface area contributed by atoms with E-state index in [1.807, 2.05) is 13.8 Å². The Balaban J connectivity index is 2.41. The molecule has 2 rings (SSSR count). The van der Waals surface area contributed by atoms with Crippen LogP contribution in [0.4, 0.5) is 4.39 Å². The molecule has 3 nitrogen and oxygen atoms in total. The number of benzene rings is 1. The van der Waals surface area contributed by atoms with Gasteiger partial charge in [0.15, 0.2) is 0 Å². The van der Waals surface area contributed by atoms with Crippen molar-refractivity contribution in [3.63, 3.8) is 0 Å². The fourth-order valence-corrected chi connectivity index (χ4v) is 2.00. The molecule has 4 heteroatoms. The number of aromatic nitrogens is 2. The summed E-state index contributed by atoms with van der Waals surface area (Å²) >= 11 is 0. The van der Waals surface area contributed by atoms with E-state index >= 15 is 0 Å². The minimum absolute atomic E-state index is 0.0516. The first-order valence-electron chi connectivity index (χ1n) is 5.97. The van der Waals surface area contributed by atoms with Crippen LogP contribution in [-0.4, -0.2) is 16.5 Å². The number of hydrogen-bond donors (Lipinski definition) is 1. The first-order valence-corrected chi connectivity index (χ1v) is 5.97. The Kier molecular flexibility index (Phi) is 3.99. The molecule has 1 atom stereocenters. The van der Waals surface area contributed by atoms with Crippen molar-refractivity contribution in [3.8, 4) is 0 Å². The lowest BCUT2D eigenvalue weighted by molar-refractivity contribution is 0.599. The third kappa shape index (κ3) is 2.71. The number of nitrogens with one attached hydrogen (secondary N) is 1. The van der Waals surface area contributed by atoms with Gasteiger partial charge in [-0.15, -0.1) is 0 Å². The minimum atomic E-state index is -0.217. The van der Waals surface area contributed by atoms with Crippen LogP contribution in [0, 0.1) is 12.7 Å². The van der Waals surface area contributed by atoms with Crippen LogP contribution >= 0.6 is 0 Å². The van der Waals surface area contributed by atoms with Crippen LogP contribution in [0.15, 0.2) is 36.8 Å². The molecule has 1 heterocycles. The summed E-state index contributed by atoms with van der Waals surface area (Å²) in [6, 6.07) is 4.76. The normalized spacial score (nSPS) is 12.4. The number of hydrogen-bond acceptors (Lipinski definition) is 3. The molecule has 1 aromatic heterocycles. The zero-order valence-electron chi connectivity index (χ0n) is 10.5. The third-order valence-electron chi connectivity index (χ3n) is 2.83. The lowest BCUT2D eigenvalue weighted by atomic mass is 9.99. The van der Waals surface area contributed by atoms with E-state index in [1.54, 1.807) is 24.7 Å². The van der Waals surface area contributed by atoms with Crippen molar-refractivity contribution in [2.24, 2.45) is 0 Å². The fourth-order valence-electron chi connectivity index (χ4n) is 2.00. The van der Waals surface area contributed by atoms with E-state index in [4.69, 9.17) is 0 Å². The van der Waals surface area contributed by atoms with Gasteiger partial charge in [-0.3, -0.25) is 9.97 Å². The Labute approximate surface area is 106 Å². The Morgan fingerprint density at radius 3 is 2.78 bits per heavy atom. The molecule has 0 radical (unpaired) electrons. The quantitative estimate of drug-likeness (QED) is 0.899. The zero-order valence-corrected chi connectivity index (χ0v) is 10.5. The molecule has 1 N–H and O–H groups in total. The Hall–Kier alpha value is -1.81. The number of nitrogens with zero attached hydrogens (tertiary/aromatic N) is 2. The third-order valence-corrected chi connectivity index (χ3v) is 2.83. The molecular weight excluding hydrogens is 229 g/mol. The van der Waals surface area contributed by atoms with E-state index in [2.05, 4.69) is 15.3 Å². The van der Waals surface area contributed by atoms with Crippen molar-refractivity contribution in [1.82, 2.24) is 15.3 Å². The molecule has 0 aliphatic carbocycles. The molecule has 2 aromatic rings. The van der Waals surface area contributed by atoms with Crippen LogP contribution < -0.4 is 5.32 Å². The minimum Gasteiger partial charge on any atom is -0.305 e. The molecule has 0 spiro atoms. The summed E-state index contributed by atoms with van der Waals surface area (Å²) in [5, 5.41) is 3.35. The maximum Gasteiger partial charge on any atom is 0.123 e. The second kappa shape index (κ2) is 5.69. The van der Waals surface area contributed by atoms with Crippen molar-refractivity contribution >= 4 is 0 Å². The molecule has 0 fully saturated rings. The molecule has 18 heavy (non-hydrogen) atoms. The Bertz CT molecular complexity index is 514. The maximum atomic E-state index is 13.2. The van der Waals surface area contributed by atoms with Crippen LogP contribution in [-0.2, 0) is 0 Å². The van der Waals surface area contributed by atoms with Crippen molar-refractivity contribution in [3.05, 3.63) is 59.4 Å². The summed E-state index contributed by atoms with van der Waals surface area (Å²) in [6.07, 6.45) is 5.04. The SMILES string of the molecule is CCNC(c1cnccn1)c1ccc(F)cc1C. The topological polar surface area (TPSA) is 37.8 Å². The maximum absolute atomic E-state index is 13.2. The van der Waals surface area contributed by atoms with Gasteiger partial charge in [-0.05, 0) is 36.7 Å². The Morgan fingerprint density at radius 1 is 1.33 bits per heavy atom. The summed E-state index contributed by atoms with van der Waals surface area (Å²) in [7, 11) is 0. The van der Waals surface area contributed by atoms with E-state index in [-0.39, 0.29) is 11.9 Å². The predicted octanol–water partition coefficient (Wildman–Crippen LogP) is 2.62. The number of aryl methyl sites for hydroxylation is 1. The monoisotopic (exact) mass is 245 g/mol. The van der Waals surface area contributed by atoms with Gasteiger partial charge >= 0.3 is 0 Å². The largest absolute Gasteiger partial charge is 0.305 e. The number of rotatable bonds is 4. The highest BCUT2D eigenvalue weighted by Gasteiger charge is 2.16. The van der Waals surface area contributed by atoms with Gasteiger partial charge in [0.1, 0.15) is 5.82 Å². The second-order valence-corrected chi connectivity index (χ2v) is 4.12. The van der Waals surface area contributed by atoms with Crippen molar-refractivity contribution in [2.75, 3.05) is 6.54 Å². The van der Waals surface area contributed by atoms with E-state index in [0.29, 0.717) is 0 Å². The van der Waals surface area contributed by atoms with Gasteiger partial charge in [0.2, 0.25) is 0 Å². The molecule has 0 bridgehead atoms. The summed E-state index contributed by atoms with van der Waals surface area (Å²) in [5.41, 5.74) is 2.78. The van der Waals surface area contributed by atoms with Gasteiger partial charge in [0, 0.05) is 12.4 Å². The standard InChI is InChI=1S/C14H16FN3/c1-3-17-14(13-9-16-6-7-18-13)12-5-4-11(15)8-10(12)2/h4-9,14,17H,3H2,1-2H3. The van der Waals surface area contributed by atoms with E-state index in [1.165, 1.54) is 12.1 Å². The fraction of sp³-hybridized carbons (Fsp3) is 0.286. The molecule has 0 amide bonds. The van der Waals surface area contributed by atoms with Crippen molar-refractivity contribution < 1.29 is 4.39 Å². The second-order valence-electron chi connectivity index (χ2n) is 4.12. The average molecular weight is 245 g/mol. The molecular formula is C14H16FN3. The summed E-state index contributed by atoms with van der Waals surface area (Å²) < 4.78 is 13.2. The number of halogens is 1. The van der Waals surface area contributed by atoms with E-state index in [9.17, 15) is 4.39 Å². The van der Waals surface area contributed by atoms with Gasteiger partial charge in [0.25, 0.3) is 0 Å². The lowest BCUT2D eigenvalue weighted by Crippen LogP contribution is -2.23. The van der Waals surface area contributed by atoms with Crippen LogP contribution in [0.2, 0.25) is 0 Å². The zero-order chi connectivity index (χ0) is 13.0. The molecule has 1 unspecified atom stereocenters.